The van der Waals surface area contributed by atoms with Crippen LogP contribution in [-0.2, 0) is 0 Å². The minimum atomic E-state index is -0.132. The lowest BCUT2D eigenvalue weighted by Crippen LogP contribution is -2.43. The van der Waals surface area contributed by atoms with Crippen LogP contribution in [0.15, 0.2) is 0 Å². The van der Waals surface area contributed by atoms with E-state index in [9.17, 15) is 5.11 Å². The van der Waals surface area contributed by atoms with E-state index in [1.54, 1.807) is 0 Å². The van der Waals surface area contributed by atoms with Gasteiger partial charge in [0.1, 0.15) is 0 Å². The van der Waals surface area contributed by atoms with Crippen molar-refractivity contribution < 1.29 is 5.11 Å². The molecule has 2 atom stereocenters. The highest BCUT2D eigenvalue weighted by atomic mass is 16.3. The lowest BCUT2D eigenvalue weighted by atomic mass is 10.0. The SMILES string of the molecule is CC(O)CC1CCCCCN1C1CCCC1. The smallest absolute Gasteiger partial charge is 0.0527 e. The molecule has 0 amide bonds. The van der Waals surface area contributed by atoms with Gasteiger partial charge in [-0.25, -0.2) is 0 Å². The van der Waals surface area contributed by atoms with E-state index < -0.39 is 0 Å². The summed E-state index contributed by atoms with van der Waals surface area (Å²) in [6.07, 6.45) is 11.9. The van der Waals surface area contributed by atoms with Crippen molar-refractivity contribution in [2.75, 3.05) is 6.54 Å². The standard InChI is InChI=1S/C14H27NO/c1-12(16)11-14-9-3-2-6-10-15(14)13-7-4-5-8-13/h12-14,16H,2-11H2,1H3. The van der Waals surface area contributed by atoms with E-state index in [1.807, 2.05) is 6.92 Å². The van der Waals surface area contributed by atoms with Crippen molar-refractivity contribution in [2.45, 2.75) is 82.9 Å². The molecule has 0 bridgehead atoms. The molecule has 2 nitrogen and oxygen atoms in total. The van der Waals surface area contributed by atoms with E-state index in [0.717, 1.165) is 12.5 Å². The third-order valence-electron chi connectivity index (χ3n) is 4.33. The fraction of sp³-hybridized carbons (Fsp3) is 1.00. The van der Waals surface area contributed by atoms with Gasteiger partial charge in [-0.15, -0.1) is 0 Å². The van der Waals surface area contributed by atoms with Crippen LogP contribution in [0.3, 0.4) is 0 Å². The quantitative estimate of drug-likeness (QED) is 0.798. The van der Waals surface area contributed by atoms with Crippen LogP contribution in [0, 0.1) is 0 Å². The summed E-state index contributed by atoms with van der Waals surface area (Å²) in [5, 5.41) is 9.63. The third kappa shape index (κ3) is 3.21. The normalized spacial score (nSPS) is 31.5. The van der Waals surface area contributed by atoms with Crippen LogP contribution in [0.4, 0.5) is 0 Å². The molecular formula is C14H27NO. The Morgan fingerprint density at radius 1 is 1.06 bits per heavy atom. The average molecular weight is 225 g/mol. The molecule has 16 heavy (non-hydrogen) atoms. The number of aliphatic hydroxyl groups excluding tert-OH is 1. The van der Waals surface area contributed by atoms with E-state index in [4.69, 9.17) is 0 Å². The number of hydrogen-bond acceptors (Lipinski definition) is 2. The van der Waals surface area contributed by atoms with Crippen molar-refractivity contribution in [3.05, 3.63) is 0 Å². The highest BCUT2D eigenvalue weighted by Gasteiger charge is 2.29. The summed E-state index contributed by atoms with van der Waals surface area (Å²) in [5.41, 5.74) is 0. The second-order valence-corrected chi connectivity index (χ2v) is 5.76. The molecule has 0 radical (unpaired) electrons. The van der Waals surface area contributed by atoms with Crippen molar-refractivity contribution in [3.8, 4) is 0 Å². The summed E-state index contributed by atoms with van der Waals surface area (Å²) in [6, 6.07) is 1.49. The van der Waals surface area contributed by atoms with Crippen LogP contribution < -0.4 is 0 Å². The summed E-state index contributed by atoms with van der Waals surface area (Å²) in [5.74, 6) is 0. The second kappa shape index (κ2) is 6.02. The molecule has 1 aliphatic carbocycles. The molecule has 2 unspecified atom stereocenters. The van der Waals surface area contributed by atoms with Gasteiger partial charge in [0.05, 0.1) is 6.10 Å². The Morgan fingerprint density at radius 2 is 1.75 bits per heavy atom. The molecule has 2 rings (SSSR count). The predicted octanol–water partition coefficient (Wildman–Crippen LogP) is 2.94. The largest absolute Gasteiger partial charge is 0.393 e. The highest BCUT2D eigenvalue weighted by molar-refractivity contribution is 4.85. The van der Waals surface area contributed by atoms with E-state index in [-0.39, 0.29) is 6.10 Å². The van der Waals surface area contributed by atoms with Crippen LogP contribution >= 0.6 is 0 Å². The third-order valence-corrected chi connectivity index (χ3v) is 4.33. The first-order chi connectivity index (χ1) is 7.77. The maximum absolute atomic E-state index is 9.63. The van der Waals surface area contributed by atoms with Crippen molar-refractivity contribution in [1.29, 1.82) is 0 Å². The van der Waals surface area contributed by atoms with Gasteiger partial charge in [0, 0.05) is 12.1 Å². The number of nitrogens with zero attached hydrogens (tertiary/aromatic N) is 1. The predicted molar refractivity (Wildman–Crippen MR) is 67.5 cm³/mol. The van der Waals surface area contributed by atoms with Crippen molar-refractivity contribution in [3.63, 3.8) is 0 Å². The highest BCUT2D eigenvalue weighted by Crippen LogP contribution is 2.30. The van der Waals surface area contributed by atoms with E-state index in [0.29, 0.717) is 6.04 Å². The van der Waals surface area contributed by atoms with E-state index in [2.05, 4.69) is 4.90 Å². The number of hydrogen-bond donors (Lipinski definition) is 1. The van der Waals surface area contributed by atoms with Gasteiger partial charge in [0.2, 0.25) is 0 Å². The number of rotatable bonds is 3. The van der Waals surface area contributed by atoms with Gasteiger partial charge in [-0.1, -0.05) is 25.7 Å². The summed E-state index contributed by atoms with van der Waals surface area (Å²) in [7, 11) is 0. The van der Waals surface area contributed by atoms with E-state index >= 15 is 0 Å². The van der Waals surface area contributed by atoms with Gasteiger partial charge in [0.15, 0.2) is 0 Å². The zero-order chi connectivity index (χ0) is 11.4. The molecule has 0 aromatic rings. The Labute approximate surface area is 100 Å². The van der Waals surface area contributed by atoms with Crippen LogP contribution in [0.5, 0.6) is 0 Å². The first kappa shape index (κ1) is 12.4. The number of aliphatic hydroxyl groups is 1. The molecule has 0 spiro atoms. The second-order valence-electron chi connectivity index (χ2n) is 5.76. The molecule has 0 aromatic heterocycles. The summed E-state index contributed by atoms with van der Waals surface area (Å²) in [4.78, 5) is 2.74. The lowest BCUT2D eigenvalue weighted by molar-refractivity contribution is 0.0841. The summed E-state index contributed by atoms with van der Waals surface area (Å²) < 4.78 is 0. The maximum Gasteiger partial charge on any atom is 0.0527 e. The topological polar surface area (TPSA) is 23.5 Å². The molecule has 1 heterocycles. The zero-order valence-corrected chi connectivity index (χ0v) is 10.7. The monoisotopic (exact) mass is 225 g/mol. The van der Waals surface area contributed by atoms with Gasteiger partial charge in [-0.05, 0) is 45.6 Å². The minimum Gasteiger partial charge on any atom is -0.393 e. The van der Waals surface area contributed by atoms with Crippen LogP contribution in [0.1, 0.15) is 64.7 Å². The Hall–Kier alpha value is -0.0800. The molecule has 1 N–H and O–H groups in total. The zero-order valence-electron chi connectivity index (χ0n) is 10.7. The molecule has 0 aromatic carbocycles. The Kier molecular flexibility index (Phi) is 4.66. The fourth-order valence-electron chi connectivity index (χ4n) is 3.56. The van der Waals surface area contributed by atoms with Gasteiger partial charge in [0.25, 0.3) is 0 Å². The Bertz CT molecular complexity index is 199. The lowest BCUT2D eigenvalue weighted by Gasteiger charge is -2.35. The van der Waals surface area contributed by atoms with Crippen LogP contribution in [-0.4, -0.2) is 34.7 Å². The Balaban J connectivity index is 1.97. The van der Waals surface area contributed by atoms with Gasteiger partial charge in [-0.2, -0.15) is 0 Å². The minimum absolute atomic E-state index is 0.132. The van der Waals surface area contributed by atoms with Gasteiger partial charge < -0.3 is 5.11 Å². The fourth-order valence-corrected chi connectivity index (χ4v) is 3.56. The van der Waals surface area contributed by atoms with E-state index in [1.165, 1.54) is 57.9 Å². The Morgan fingerprint density at radius 3 is 2.44 bits per heavy atom. The molecule has 94 valence electrons. The average Bonchev–Trinajstić information content (AvgIpc) is 2.66. The van der Waals surface area contributed by atoms with Gasteiger partial charge in [-0.3, -0.25) is 4.90 Å². The van der Waals surface area contributed by atoms with Crippen molar-refractivity contribution >= 4 is 0 Å². The maximum atomic E-state index is 9.63. The van der Waals surface area contributed by atoms with Crippen LogP contribution in [0.25, 0.3) is 0 Å². The summed E-state index contributed by atoms with van der Waals surface area (Å²) in [6.45, 7) is 3.22. The first-order valence-electron chi connectivity index (χ1n) is 7.21. The first-order valence-corrected chi connectivity index (χ1v) is 7.21. The molecule has 1 saturated carbocycles. The molecule has 2 heteroatoms. The molecule has 1 saturated heterocycles. The molecule has 2 fully saturated rings. The van der Waals surface area contributed by atoms with Gasteiger partial charge >= 0.3 is 0 Å². The molecule has 2 aliphatic rings. The van der Waals surface area contributed by atoms with Crippen LogP contribution in [0.2, 0.25) is 0 Å². The summed E-state index contributed by atoms with van der Waals surface area (Å²) >= 11 is 0. The molecular weight excluding hydrogens is 198 g/mol. The number of likely N-dealkylation sites (tertiary alicyclic amines) is 1. The molecule has 1 aliphatic heterocycles. The van der Waals surface area contributed by atoms with Crippen molar-refractivity contribution in [1.82, 2.24) is 4.90 Å². The van der Waals surface area contributed by atoms with Crippen molar-refractivity contribution in [2.24, 2.45) is 0 Å².